The maximum absolute atomic E-state index is 6.16. The zero-order valence-electron chi connectivity index (χ0n) is 8.88. The molecule has 14 heavy (non-hydrogen) atoms. The molecule has 0 radical (unpaired) electrons. The van der Waals surface area contributed by atoms with Gasteiger partial charge in [-0.05, 0) is 38.5 Å². The lowest BCUT2D eigenvalue weighted by Gasteiger charge is -2.31. The summed E-state index contributed by atoms with van der Waals surface area (Å²) in [6, 6.07) is 0. The largest absolute Gasteiger partial charge is 0.375 e. The molecule has 1 nitrogen and oxygen atoms in total. The molecule has 2 aliphatic carbocycles. The molecule has 0 N–H and O–H groups in total. The molecule has 0 aliphatic heterocycles. The van der Waals surface area contributed by atoms with Gasteiger partial charge in [0.2, 0.25) is 0 Å². The number of halogens is 1. The third-order valence-electron chi connectivity index (χ3n) is 3.54. The highest BCUT2D eigenvalue weighted by Gasteiger charge is 2.23. The molecule has 0 unspecified atom stereocenters. The summed E-state index contributed by atoms with van der Waals surface area (Å²) in [4.78, 5) is 0.758. The first kappa shape index (κ1) is 10.9. The van der Waals surface area contributed by atoms with Crippen LogP contribution < -0.4 is 0 Å². The molecule has 0 aromatic rings. The molecule has 0 heterocycles. The van der Waals surface area contributed by atoms with Gasteiger partial charge in [-0.2, -0.15) is 0 Å². The van der Waals surface area contributed by atoms with E-state index in [-0.39, 0.29) is 0 Å². The first-order valence-electron chi connectivity index (χ1n) is 6.14. The van der Waals surface area contributed by atoms with Gasteiger partial charge in [-0.1, -0.05) is 35.2 Å². The van der Waals surface area contributed by atoms with E-state index in [9.17, 15) is 0 Å². The van der Waals surface area contributed by atoms with Crippen LogP contribution in [0.2, 0.25) is 0 Å². The van der Waals surface area contributed by atoms with Gasteiger partial charge in [0, 0.05) is 4.83 Å². The van der Waals surface area contributed by atoms with Gasteiger partial charge in [-0.25, -0.2) is 0 Å². The van der Waals surface area contributed by atoms with Crippen molar-refractivity contribution in [2.24, 2.45) is 0 Å². The van der Waals surface area contributed by atoms with Crippen molar-refractivity contribution in [3.8, 4) is 0 Å². The number of alkyl halides is 1. The number of hydrogen-bond acceptors (Lipinski definition) is 1. The van der Waals surface area contributed by atoms with E-state index >= 15 is 0 Å². The van der Waals surface area contributed by atoms with Crippen LogP contribution in [0.4, 0.5) is 0 Å². The van der Waals surface area contributed by atoms with Crippen LogP contribution in [0.15, 0.2) is 0 Å². The standard InChI is InChI=1S/C12H21BrO/c13-10-6-8-12(9-7-10)14-11-4-2-1-3-5-11/h10-12H,1-9H2. The van der Waals surface area contributed by atoms with Gasteiger partial charge in [-0.15, -0.1) is 0 Å². The van der Waals surface area contributed by atoms with Crippen LogP contribution >= 0.6 is 15.9 Å². The molecule has 2 saturated carbocycles. The quantitative estimate of drug-likeness (QED) is 0.681. The highest BCUT2D eigenvalue weighted by atomic mass is 79.9. The van der Waals surface area contributed by atoms with E-state index in [0.29, 0.717) is 12.2 Å². The molecule has 0 aromatic heterocycles. The molecule has 2 aliphatic rings. The Morgan fingerprint density at radius 3 is 1.93 bits per heavy atom. The molecule has 0 aromatic carbocycles. The molecule has 82 valence electrons. The van der Waals surface area contributed by atoms with Gasteiger partial charge in [0.05, 0.1) is 12.2 Å². The van der Waals surface area contributed by atoms with Crippen molar-refractivity contribution >= 4 is 15.9 Å². The van der Waals surface area contributed by atoms with E-state index in [1.54, 1.807) is 0 Å². The average Bonchev–Trinajstić information content (AvgIpc) is 2.23. The third kappa shape index (κ3) is 3.23. The summed E-state index contributed by atoms with van der Waals surface area (Å²) in [5, 5.41) is 0. The Bertz CT molecular complexity index is 158. The Kier molecular flexibility index (Phi) is 4.30. The van der Waals surface area contributed by atoms with Gasteiger partial charge < -0.3 is 4.74 Å². The fraction of sp³-hybridized carbons (Fsp3) is 1.00. The first-order chi connectivity index (χ1) is 6.84. The lowest BCUT2D eigenvalue weighted by Crippen LogP contribution is -2.28. The minimum absolute atomic E-state index is 0.576. The minimum Gasteiger partial charge on any atom is -0.375 e. The predicted octanol–water partition coefficient (Wildman–Crippen LogP) is 4.04. The second kappa shape index (κ2) is 5.50. The van der Waals surface area contributed by atoms with Gasteiger partial charge in [0.25, 0.3) is 0 Å². The molecule has 0 saturated heterocycles. The summed E-state index contributed by atoms with van der Waals surface area (Å²) in [5.74, 6) is 0. The van der Waals surface area contributed by atoms with Crippen molar-refractivity contribution in [2.75, 3.05) is 0 Å². The van der Waals surface area contributed by atoms with Crippen molar-refractivity contribution in [3.05, 3.63) is 0 Å². The van der Waals surface area contributed by atoms with Crippen LogP contribution in [0.25, 0.3) is 0 Å². The summed E-state index contributed by atoms with van der Waals surface area (Å²) in [6.45, 7) is 0. The smallest absolute Gasteiger partial charge is 0.0579 e. The number of hydrogen-bond donors (Lipinski definition) is 0. The molecule has 2 fully saturated rings. The lowest BCUT2D eigenvalue weighted by molar-refractivity contribution is -0.0441. The van der Waals surface area contributed by atoms with E-state index in [2.05, 4.69) is 15.9 Å². The van der Waals surface area contributed by atoms with Crippen LogP contribution in [0, 0.1) is 0 Å². The average molecular weight is 261 g/mol. The summed E-state index contributed by atoms with van der Waals surface area (Å²) in [6.07, 6.45) is 13.1. The molecule has 2 rings (SSSR count). The maximum atomic E-state index is 6.16. The van der Waals surface area contributed by atoms with Gasteiger partial charge in [-0.3, -0.25) is 0 Å². The van der Waals surface area contributed by atoms with Crippen LogP contribution in [0.1, 0.15) is 57.8 Å². The number of rotatable bonds is 2. The van der Waals surface area contributed by atoms with Crippen molar-refractivity contribution in [3.63, 3.8) is 0 Å². The Morgan fingerprint density at radius 1 is 0.714 bits per heavy atom. The Morgan fingerprint density at radius 2 is 1.29 bits per heavy atom. The van der Waals surface area contributed by atoms with E-state index in [0.717, 1.165) is 4.83 Å². The Hall–Kier alpha value is 0.440. The van der Waals surface area contributed by atoms with Crippen LogP contribution in [0.5, 0.6) is 0 Å². The molecule has 0 spiro atoms. The zero-order chi connectivity index (χ0) is 9.80. The molecule has 2 heteroatoms. The zero-order valence-corrected chi connectivity index (χ0v) is 10.5. The third-order valence-corrected chi connectivity index (χ3v) is 4.46. The van der Waals surface area contributed by atoms with Crippen LogP contribution in [-0.2, 0) is 4.74 Å². The van der Waals surface area contributed by atoms with Gasteiger partial charge in [0.15, 0.2) is 0 Å². The Labute approximate surface area is 95.7 Å². The second-order valence-corrected chi connectivity index (χ2v) is 6.07. The van der Waals surface area contributed by atoms with Gasteiger partial charge >= 0.3 is 0 Å². The van der Waals surface area contributed by atoms with Crippen LogP contribution in [-0.4, -0.2) is 17.0 Å². The Balaban J connectivity index is 1.68. The minimum atomic E-state index is 0.576. The summed E-state index contributed by atoms with van der Waals surface area (Å²) < 4.78 is 6.16. The van der Waals surface area contributed by atoms with E-state index in [1.807, 2.05) is 0 Å². The lowest BCUT2D eigenvalue weighted by atomic mass is 9.95. The van der Waals surface area contributed by atoms with Crippen molar-refractivity contribution in [1.29, 1.82) is 0 Å². The second-order valence-electron chi connectivity index (χ2n) is 4.77. The van der Waals surface area contributed by atoms with Crippen molar-refractivity contribution < 1.29 is 4.74 Å². The highest BCUT2D eigenvalue weighted by molar-refractivity contribution is 9.09. The number of ether oxygens (including phenoxy) is 1. The molecule has 0 atom stereocenters. The van der Waals surface area contributed by atoms with Crippen molar-refractivity contribution in [1.82, 2.24) is 0 Å². The van der Waals surface area contributed by atoms with Gasteiger partial charge in [0.1, 0.15) is 0 Å². The fourth-order valence-corrected chi connectivity index (χ4v) is 3.16. The topological polar surface area (TPSA) is 9.23 Å². The predicted molar refractivity (Wildman–Crippen MR) is 62.9 cm³/mol. The molecular weight excluding hydrogens is 240 g/mol. The first-order valence-corrected chi connectivity index (χ1v) is 7.05. The maximum Gasteiger partial charge on any atom is 0.0579 e. The fourth-order valence-electron chi connectivity index (χ4n) is 2.63. The van der Waals surface area contributed by atoms with E-state index in [4.69, 9.17) is 4.74 Å². The molecular formula is C12H21BrO. The normalized spacial score (nSPS) is 35.8. The summed E-state index contributed by atoms with van der Waals surface area (Å²) in [5.41, 5.74) is 0. The molecule has 0 amide bonds. The summed E-state index contributed by atoms with van der Waals surface area (Å²) in [7, 11) is 0. The van der Waals surface area contributed by atoms with Crippen LogP contribution in [0.3, 0.4) is 0 Å². The monoisotopic (exact) mass is 260 g/mol. The van der Waals surface area contributed by atoms with Crippen molar-refractivity contribution in [2.45, 2.75) is 74.8 Å². The SMILES string of the molecule is BrC1CCC(OC2CCCCC2)CC1. The highest BCUT2D eigenvalue weighted by Crippen LogP contribution is 2.29. The van der Waals surface area contributed by atoms with E-state index < -0.39 is 0 Å². The molecule has 0 bridgehead atoms. The summed E-state index contributed by atoms with van der Waals surface area (Å²) >= 11 is 3.69. The van der Waals surface area contributed by atoms with E-state index in [1.165, 1.54) is 57.8 Å².